The molecular formula is C11H17BrN2O. The molecule has 3 nitrogen and oxygen atoms in total. The summed E-state index contributed by atoms with van der Waals surface area (Å²) in [5, 5.41) is 4.33. The van der Waals surface area contributed by atoms with Crippen LogP contribution < -0.4 is 4.74 Å². The summed E-state index contributed by atoms with van der Waals surface area (Å²) < 4.78 is 7.08. The quantitative estimate of drug-likeness (QED) is 0.792. The van der Waals surface area contributed by atoms with Gasteiger partial charge in [-0.3, -0.25) is 0 Å². The molecule has 0 aliphatic carbocycles. The van der Waals surface area contributed by atoms with E-state index in [0.29, 0.717) is 4.83 Å². The number of ether oxygens (including phenoxy) is 1. The lowest BCUT2D eigenvalue weighted by atomic mass is 10.1. The monoisotopic (exact) mass is 272 g/mol. The second-order valence-corrected chi connectivity index (χ2v) is 5.01. The minimum absolute atomic E-state index is 0.363. The molecule has 1 rings (SSSR count). The highest BCUT2D eigenvalue weighted by Crippen LogP contribution is 2.25. The van der Waals surface area contributed by atoms with E-state index in [1.54, 1.807) is 11.8 Å². The molecule has 0 saturated carbocycles. The van der Waals surface area contributed by atoms with Crippen LogP contribution in [0.15, 0.2) is 5.57 Å². The summed E-state index contributed by atoms with van der Waals surface area (Å²) in [7, 11) is 3.55. The maximum absolute atomic E-state index is 5.32. The molecule has 0 bridgehead atoms. The van der Waals surface area contributed by atoms with E-state index in [4.69, 9.17) is 4.74 Å². The van der Waals surface area contributed by atoms with Crippen molar-refractivity contribution in [3.63, 3.8) is 0 Å². The van der Waals surface area contributed by atoms with E-state index < -0.39 is 0 Å². The van der Waals surface area contributed by atoms with Gasteiger partial charge in [0.2, 0.25) is 5.88 Å². The van der Waals surface area contributed by atoms with E-state index in [0.717, 1.165) is 17.1 Å². The lowest BCUT2D eigenvalue weighted by Gasteiger charge is -2.05. The number of nitrogens with zero attached hydrogens (tertiary/aromatic N) is 2. The maximum atomic E-state index is 5.32. The van der Waals surface area contributed by atoms with Crippen LogP contribution in [0.5, 0.6) is 5.88 Å². The Morgan fingerprint density at radius 2 is 2.20 bits per heavy atom. The first-order valence-electron chi connectivity index (χ1n) is 4.87. The summed E-state index contributed by atoms with van der Waals surface area (Å²) >= 11 is 3.54. The van der Waals surface area contributed by atoms with Crippen LogP contribution in [0.25, 0.3) is 6.08 Å². The van der Waals surface area contributed by atoms with Gasteiger partial charge in [-0.25, -0.2) is 4.68 Å². The molecule has 15 heavy (non-hydrogen) atoms. The lowest BCUT2D eigenvalue weighted by molar-refractivity contribution is 0.372. The fourth-order valence-electron chi connectivity index (χ4n) is 1.40. The van der Waals surface area contributed by atoms with E-state index in [2.05, 4.69) is 41.0 Å². The summed E-state index contributed by atoms with van der Waals surface area (Å²) in [6.07, 6.45) is 2.11. The predicted molar refractivity (Wildman–Crippen MR) is 66.5 cm³/mol. The van der Waals surface area contributed by atoms with E-state index in [9.17, 15) is 0 Å². The third-order valence-corrected chi connectivity index (χ3v) is 3.13. The molecule has 0 aromatic carbocycles. The molecule has 0 aliphatic rings. The van der Waals surface area contributed by atoms with Gasteiger partial charge in [0.1, 0.15) is 0 Å². The third-order valence-electron chi connectivity index (χ3n) is 2.41. The van der Waals surface area contributed by atoms with Crippen LogP contribution in [0.4, 0.5) is 0 Å². The second-order valence-electron chi connectivity index (χ2n) is 3.64. The number of allylic oxidation sites excluding steroid dienone is 1. The number of halogens is 1. The van der Waals surface area contributed by atoms with Crippen molar-refractivity contribution in [1.29, 1.82) is 0 Å². The molecular weight excluding hydrogens is 256 g/mol. The Kier molecular flexibility index (Phi) is 3.97. The highest BCUT2D eigenvalue weighted by Gasteiger charge is 2.12. The molecule has 0 aliphatic heterocycles. The van der Waals surface area contributed by atoms with Crippen LogP contribution in [0.3, 0.4) is 0 Å². The first kappa shape index (κ1) is 12.3. The fraction of sp³-hybridized carbons (Fsp3) is 0.545. The van der Waals surface area contributed by atoms with Gasteiger partial charge in [-0.2, -0.15) is 5.10 Å². The number of hydrogen-bond acceptors (Lipinski definition) is 2. The van der Waals surface area contributed by atoms with Crippen LogP contribution >= 0.6 is 15.9 Å². The fourth-order valence-corrected chi connectivity index (χ4v) is 1.54. The number of hydrogen-bond donors (Lipinski definition) is 0. The van der Waals surface area contributed by atoms with Crippen molar-refractivity contribution in [1.82, 2.24) is 9.78 Å². The Hall–Kier alpha value is -0.770. The van der Waals surface area contributed by atoms with Gasteiger partial charge in [-0.05, 0) is 26.8 Å². The second kappa shape index (κ2) is 4.84. The number of methoxy groups -OCH3 is 1. The molecule has 0 saturated heterocycles. The molecule has 0 radical (unpaired) electrons. The molecule has 0 amide bonds. The highest BCUT2D eigenvalue weighted by molar-refractivity contribution is 9.09. The average molecular weight is 273 g/mol. The van der Waals surface area contributed by atoms with Gasteiger partial charge >= 0.3 is 0 Å². The molecule has 4 heteroatoms. The topological polar surface area (TPSA) is 27.1 Å². The van der Waals surface area contributed by atoms with Crippen molar-refractivity contribution in [2.75, 3.05) is 7.11 Å². The molecule has 1 aromatic rings. The molecule has 1 heterocycles. The lowest BCUT2D eigenvalue weighted by Crippen LogP contribution is -1.96. The Labute approximate surface area is 99.2 Å². The zero-order chi connectivity index (χ0) is 11.6. The summed E-state index contributed by atoms with van der Waals surface area (Å²) in [5.41, 5.74) is 3.30. The first-order chi connectivity index (χ1) is 6.97. The van der Waals surface area contributed by atoms with Crippen molar-refractivity contribution in [3.8, 4) is 5.88 Å². The Morgan fingerprint density at radius 1 is 1.60 bits per heavy atom. The zero-order valence-electron chi connectivity index (χ0n) is 9.84. The average Bonchev–Trinajstić information content (AvgIpc) is 2.41. The van der Waals surface area contributed by atoms with E-state index in [1.807, 2.05) is 14.0 Å². The van der Waals surface area contributed by atoms with Crippen LogP contribution in [0.2, 0.25) is 0 Å². The van der Waals surface area contributed by atoms with Gasteiger partial charge in [0.25, 0.3) is 0 Å². The summed E-state index contributed by atoms with van der Waals surface area (Å²) in [6, 6.07) is 0. The van der Waals surface area contributed by atoms with Gasteiger partial charge in [-0.15, -0.1) is 0 Å². The van der Waals surface area contributed by atoms with Gasteiger partial charge in [0, 0.05) is 11.9 Å². The van der Waals surface area contributed by atoms with Gasteiger partial charge in [0.15, 0.2) is 0 Å². The molecule has 0 spiro atoms. The van der Waals surface area contributed by atoms with E-state index >= 15 is 0 Å². The highest BCUT2D eigenvalue weighted by atomic mass is 79.9. The van der Waals surface area contributed by atoms with Gasteiger partial charge < -0.3 is 4.74 Å². The van der Waals surface area contributed by atoms with Crippen molar-refractivity contribution >= 4 is 22.0 Å². The van der Waals surface area contributed by atoms with Gasteiger partial charge in [0.05, 0.1) is 18.4 Å². The normalized spacial score (nSPS) is 14.1. The van der Waals surface area contributed by atoms with Crippen molar-refractivity contribution in [3.05, 3.63) is 16.8 Å². The summed E-state index contributed by atoms with van der Waals surface area (Å²) in [5.74, 6) is 0.806. The van der Waals surface area contributed by atoms with Crippen LogP contribution in [-0.4, -0.2) is 21.7 Å². The van der Waals surface area contributed by atoms with Crippen LogP contribution in [-0.2, 0) is 7.05 Å². The first-order valence-corrected chi connectivity index (χ1v) is 5.78. The van der Waals surface area contributed by atoms with E-state index in [-0.39, 0.29) is 0 Å². The van der Waals surface area contributed by atoms with Crippen LogP contribution in [0, 0.1) is 6.92 Å². The zero-order valence-corrected chi connectivity index (χ0v) is 11.4. The predicted octanol–water partition coefficient (Wildman–Crippen LogP) is 2.92. The smallest absolute Gasteiger partial charge is 0.218 e. The number of rotatable bonds is 3. The van der Waals surface area contributed by atoms with Crippen molar-refractivity contribution in [2.45, 2.75) is 25.6 Å². The molecule has 84 valence electrons. The number of aromatic nitrogens is 2. The van der Waals surface area contributed by atoms with Crippen LogP contribution in [0.1, 0.15) is 25.1 Å². The SMILES string of the molecule is COc1c(/C=C(/C)C(C)Br)c(C)nn1C. The minimum Gasteiger partial charge on any atom is -0.481 e. The Bertz CT molecular complexity index is 380. The van der Waals surface area contributed by atoms with Crippen molar-refractivity contribution in [2.24, 2.45) is 7.05 Å². The van der Waals surface area contributed by atoms with Gasteiger partial charge in [-0.1, -0.05) is 21.5 Å². The molecule has 1 unspecified atom stereocenters. The van der Waals surface area contributed by atoms with E-state index in [1.165, 1.54) is 5.57 Å². The summed E-state index contributed by atoms with van der Waals surface area (Å²) in [6.45, 7) is 6.18. The maximum Gasteiger partial charge on any atom is 0.218 e. The number of alkyl halides is 1. The molecule has 0 fully saturated rings. The molecule has 0 N–H and O–H groups in total. The molecule has 1 aromatic heterocycles. The Balaban J connectivity index is 3.19. The standard InChI is InChI=1S/C11H17BrN2O/c1-7(8(2)12)6-10-9(3)13-14(4)11(10)15-5/h6,8H,1-5H3/b7-6-. The summed E-state index contributed by atoms with van der Waals surface area (Å²) in [4.78, 5) is 0.363. The largest absolute Gasteiger partial charge is 0.481 e. The molecule has 1 atom stereocenters. The Morgan fingerprint density at radius 3 is 2.67 bits per heavy atom. The number of aryl methyl sites for hydroxylation is 2. The third kappa shape index (κ3) is 2.62. The minimum atomic E-state index is 0.363. The van der Waals surface area contributed by atoms with Crippen molar-refractivity contribution < 1.29 is 4.74 Å².